The van der Waals surface area contributed by atoms with E-state index in [2.05, 4.69) is 16.9 Å². The first-order chi connectivity index (χ1) is 9.47. The molecule has 0 amide bonds. The van der Waals surface area contributed by atoms with Crippen LogP contribution in [0.3, 0.4) is 0 Å². The molecule has 3 nitrogen and oxygen atoms in total. The van der Waals surface area contributed by atoms with Gasteiger partial charge >= 0.3 is 0 Å². The molecule has 2 N–H and O–H groups in total. The van der Waals surface area contributed by atoms with E-state index in [9.17, 15) is 0 Å². The highest BCUT2D eigenvalue weighted by Gasteiger charge is 2.09. The molecule has 0 saturated heterocycles. The van der Waals surface area contributed by atoms with Crippen LogP contribution in [0, 0.1) is 6.92 Å². The van der Waals surface area contributed by atoms with Crippen LogP contribution < -0.4 is 5.73 Å². The zero-order chi connectivity index (χ0) is 14.7. The Hall–Kier alpha value is -1.16. The smallest absolute Gasteiger partial charge is 0.159 e. The van der Waals surface area contributed by atoms with Crippen LogP contribution in [0.2, 0.25) is 10.0 Å². The number of aryl methyl sites for hydroxylation is 1. The van der Waals surface area contributed by atoms with Gasteiger partial charge in [0.2, 0.25) is 0 Å². The summed E-state index contributed by atoms with van der Waals surface area (Å²) in [6.45, 7) is 4.01. The standard InChI is InChI=1S/C15H17Cl2N3/c1-3-13(18)8-14-4-9(2)19-15(20-14)10-5-11(16)7-12(17)6-10/h4-7,13H,3,8,18H2,1-2H3. The quantitative estimate of drug-likeness (QED) is 0.927. The summed E-state index contributed by atoms with van der Waals surface area (Å²) in [5, 5.41) is 1.15. The number of hydrogen-bond acceptors (Lipinski definition) is 3. The van der Waals surface area contributed by atoms with Crippen LogP contribution in [0.25, 0.3) is 11.4 Å². The SMILES string of the molecule is CCC(N)Cc1cc(C)nc(-c2cc(Cl)cc(Cl)c2)n1. The van der Waals surface area contributed by atoms with E-state index in [4.69, 9.17) is 28.9 Å². The molecule has 1 atom stereocenters. The zero-order valence-electron chi connectivity index (χ0n) is 11.5. The van der Waals surface area contributed by atoms with Gasteiger partial charge < -0.3 is 5.73 Å². The molecule has 1 heterocycles. The van der Waals surface area contributed by atoms with Crippen LogP contribution in [0.5, 0.6) is 0 Å². The molecular weight excluding hydrogens is 293 g/mol. The van der Waals surface area contributed by atoms with Gasteiger partial charge in [-0.2, -0.15) is 0 Å². The van der Waals surface area contributed by atoms with Gasteiger partial charge in [-0.15, -0.1) is 0 Å². The highest BCUT2D eigenvalue weighted by Crippen LogP contribution is 2.25. The third-order valence-electron chi connectivity index (χ3n) is 3.02. The average Bonchev–Trinajstić information content (AvgIpc) is 2.36. The monoisotopic (exact) mass is 309 g/mol. The molecule has 0 saturated carbocycles. The van der Waals surface area contributed by atoms with Crippen molar-refractivity contribution in [3.8, 4) is 11.4 Å². The lowest BCUT2D eigenvalue weighted by molar-refractivity contribution is 0.635. The van der Waals surface area contributed by atoms with Gasteiger partial charge in [0.15, 0.2) is 5.82 Å². The van der Waals surface area contributed by atoms with E-state index in [-0.39, 0.29) is 6.04 Å². The first-order valence-electron chi connectivity index (χ1n) is 6.54. The number of halogens is 2. The lowest BCUT2D eigenvalue weighted by atomic mass is 10.1. The summed E-state index contributed by atoms with van der Waals surface area (Å²) in [4.78, 5) is 9.02. The van der Waals surface area contributed by atoms with Gasteiger partial charge in [0.25, 0.3) is 0 Å². The molecule has 2 rings (SSSR count). The fourth-order valence-electron chi connectivity index (χ4n) is 1.96. The predicted molar refractivity (Wildman–Crippen MR) is 84.2 cm³/mol. The van der Waals surface area contributed by atoms with Crippen LogP contribution in [0.15, 0.2) is 24.3 Å². The van der Waals surface area contributed by atoms with Gasteiger partial charge in [-0.1, -0.05) is 30.1 Å². The van der Waals surface area contributed by atoms with E-state index in [1.165, 1.54) is 0 Å². The van der Waals surface area contributed by atoms with Gasteiger partial charge in [-0.25, -0.2) is 9.97 Å². The maximum atomic E-state index is 6.03. The molecule has 0 aliphatic heterocycles. The second-order valence-electron chi connectivity index (χ2n) is 4.85. The molecule has 0 aliphatic rings. The molecule has 106 valence electrons. The number of hydrogen-bond donors (Lipinski definition) is 1. The maximum Gasteiger partial charge on any atom is 0.159 e. The van der Waals surface area contributed by atoms with Crippen LogP contribution >= 0.6 is 23.2 Å². The van der Waals surface area contributed by atoms with E-state index in [1.54, 1.807) is 6.07 Å². The first-order valence-corrected chi connectivity index (χ1v) is 7.30. The third kappa shape index (κ3) is 3.92. The summed E-state index contributed by atoms with van der Waals surface area (Å²) in [6, 6.07) is 7.39. The van der Waals surface area contributed by atoms with E-state index in [0.717, 1.165) is 29.8 Å². The van der Waals surface area contributed by atoms with Crippen LogP contribution in [0.4, 0.5) is 0 Å². The summed E-state index contributed by atoms with van der Waals surface area (Å²) in [5.41, 5.74) is 8.66. The van der Waals surface area contributed by atoms with Crippen molar-refractivity contribution in [1.82, 2.24) is 9.97 Å². The van der Waals surface area contributed by atoms with Crippen molar-refractivity contribution >= 4 is 23.2 Å². The largest absolute Gasteiger partial charge is 0.327 e. The van der Waals surface area contributed by atoms with Crippen molar-refractivity contribution in [2.45, 2.75) is 32.7 Å². The van der Waals surface area contributed by atoms with E-state index in [1.807, 2.05) is 25.1 Å². The Bertz CT molecular complexity index is 594. The van der Waals surface area contributed by atoms with E-state index in [0.29, 0.717) is 15.9 Å². The average molecular weight is 310 g/mol. The molecule has 1 unspecified atom stereocenters. The summed E-state index contributed by atoms with van der Waals surface area (Å²) in [7, 11) is 0. The molecule has 5 heteroatoms. The minimum atomic E-state index is 0.111. The minimum Gasteiger partial charge on any atom is -0.327 e. The summed E-state index contributed by atoms with van der Waals surface area (Å²) in [6.07, 6.45) is 1.66. The molecule has 0 bridgehead atoms. The molecule has 2 aromatic rings. The Morgan fingerprint density at radius 2 is 1.75 bits per heavy atom. The molecule has 1 aromatic carbocycles. The molecular formula is C15H17Cl2N3. The summed E-state index contributed by atoms with van der Waals surface area (Å²) >= 11 is 12.1. The van der Waals surface area contributed by atoms with Crippen LogP contribution in [0.1, 0.15) is 24.7 Å². The van der Waals surface area contributed by atoms with Gasteiger partial charge in [0.1, 0.15) is 0 Å². The fraction of sp³-hybridized carbons (Fsp3) is 0.333. The number of benzene rings is 1. The van der Waals surface area contributed by atoms with E-state index >= 15 is 0 Å². The van der Waals surface area contributed by atoms with Crippen LogP contribution in [-0.4, -0.2) is 16.0 Å². The third-order valence-corrected chi connectivity index (χ3v) is 3.46. The van der Waals surface area contributed by atoms with Crippen molar-refractivity contribution in [2.75, 3.05) is 0 Å². The fourth-order valence-corrected chi connectivity index (χ4v) is 2.49. The van der Waals surface area contributed by atoms with E-state index < -0.39 is 0 Å². The Morgan fingerprint density at radius 1 is 1.10 bits per heavy atom. The van der Waals surface area contributed by atoms with Crippen molar-refractivity contribution in [1.29, 1.82) is 0 Å². The van der Waals surface area contributed by atoms with Gasteiger partial charge in [0, 0.05) is 39.5 Å². The van der Waals surface area contributed by atoms with Gasteiger partial charge in [-0.05, 0) is 37.6 Å². The molecule has 0 aliphatic carbocycles. The van der Waals surface area contributed by atoms with Crippen molar-refractivity contribution in [2.24, 2.45) is 5.73 Å². The van der Waals surface area contributed by atoms with Gasteiger partial charge in [0.05, 0.1) is 0 Å². The topological polar surface area (TPSA) is 51.8 Å². The lowest BCUT2D eigenvalue weighted by Gasteiger charge is -2.10. The highest BCUT2D eigenvalue weighted by molar-refractivity contribution is 6.35. The normalized spacial score (nSPS) is 12.4. The first kappa shape index (κ1) is 15.2. The van der Waals surface area contributed by atoms with Crippen molar-refractivity contribution in [3.05, 3.63) is 45.7 Å². The Kier molecular flexibility index (Phi) is 4.97. The van der Waals surface area contributed by atoms with Crippen molar-refractivity contribution < 1.29 is 0 Å². The Morgan fingerprint density at radius 3 is 2.35 bits per heavy atom. The number of aromatic nitrogens is 2. The van der Waals surface area contributed by atoms with Crippen LogP contribution in [-0.2, 0) is 6.42 Å². The lowest BCUT2D eigenvalue weighted by Crippen LogP contribution is -2.22. The summed E-state index contributed by atoms with van der Waals surface area (Å²) < 4.78 is 0. The van der Waals surface area contributed by atoms with Crippen molar-refractivity contribution in [3.63, 3.8) is 0 Å². The Labute approximate surface area is 129 Å². The molecule has 20 heavy (non-hydrogen) atoms. The number of nitrogens with zero attached hydrogens (tertiary/aromatic N) is 2. The molecule has 0 radical (unpaired) electrons. The molecule has 0 fully saturated rings. The van der Waals surface area contributed by atoms with Gasteiger partial charge in [-0.3, -0.25) is 0 Å². The Balaban J connectivity index is 2.41. The number of rotatable bonds is 4. The highest BCUT2D eigenvalue weighted by atomic mass is 35.5. The number of nitrogens with two attached hydrogens (primary N) is 1. The second kappa shape index (κ2) is 6.53. The predicted octanol–water partition coefficient (Wildman–Crippen LogP) is 4.04. The summed E-state index contributed by atoms with van der Waals surface area (Å²) in [5.74, 6) is 0.632. The maximum absolute atomic E-state index is 6.03. The minimum absolute atomic E-state index is 0.111. The zero-order valence-corrected chi connectivity index (χ0v) is 13.0. The second-order valence-corrected chi connectivity index (χ2v) is 5.73. The molecule has 1 aromatic heterocycles. The molecule has 0 spiro atoms.